The molecule has 0 amide bonds. The van der Waals surface area contributed by atoms with Crippen LogP contribution in [0.15, 0.2) is 42.5 Å². The topological polar surface area (TPSA) is 98.5 Å². The summed E-state index contributed by atoms with van der Waals surface area (Å²) in [7, 11) is 0. The molecule has 1 aromatic heterocycles. The summed E-state index contributed by atoms with van der Waals surface area (Å²) in [5.74, 6) is -0.223. The number of carboxylic acid groups (broad SMARTS) is 1. The Morgan fingerprint density at radius 1 is 1.26 bits per heavy atom. The lowest BCUT2D eigenvalue weighted by molar-refractivity contribution is 0.0698. The van der Waals surface area contributed by atoms with Crippen LogP contribution in [0.4, 0.5) is 11.5 Å². The van der Waals surface area contributed by atoms with Crippen molar-refractivity contribution in [2.75, 3.05) is 36.5 Å². The molecule has 1 atom stereocenters. The Bertz CT molecular complexity index is 1180. The summed E-state index contributed by atoms with van der Waals surface area (Å²) >= 11 is 0. The van der Waals surface area contributed by atoms with Crippen LogP contribution in [0.3, 0.4) is 0 Å². The second kappa shape index (κ2) is 8.62. The van der Waals surface area contributed by atoms with Crippen molar-refractivity contribution in [2.45, 2.75) is 19.9 Å². The Kier molecular flexibility index (Phi) is 5.74. The third-order valence-corrected chi connectivity index (χ3v) is 5.53. The van der Waals surface area contributed by atoms with E-state index in [-0.39, 0.29) is 11.6 Å². The smallest absolute Gasteiger partial charge is 0.337 e. The number of anilines is 2. The number of hydrogen-bond donors (Lipinski definition) is 2. The van der Waals surface area contributed by atoms with Gasteiger partial charge in [0.15, 0.2) is 0 Å². The molecule has 0 spiro atoms. The molecule has 1 unspecified atom stereocenters. The standard InChI is InChI=1S/C24H24N4O3/c1-15-11-19(16(2)26-21-6-4-3-5-18(21)24(29)30)23-20(12-15)17(14-25)13-22(27-23)28-7-9-31-10-8-28/h3-6,11-13,16,26H,7-10H2,1-2H3,(H,29,30). The van der Waals surface area contributed by atoms with Crippen LogP contribution < -0.4 is 10.2 Å². The normalized spacial score (nSPS) is 14.8. The molecular formula is C24H24N4O3. The van der Waals surface area contributed by atoms with E-state index < -0.39 is 5.97 Å². The van der Waals surface area contributed by atoms with Crippen molar-refractivity contribution in [3.05, 3.63) is 64.7 Å². The van der Waals surface area contributed by atoms with Gasteiger partial charge in [0.2, 0.25) is 0 Å². The first-order valence-corrected chi connectivity index (χ1v) is 10.2. The van der Waals surface area contributed by atoms with E-state index in [0.717, 1.165) is 40.9 Å². The molecule has 31 heavy (non-hydrogen) atoms. The maximum atomic E-state index is 11.6. The average molecular weight is 416 g/mol. The fourth-order valence-electron chi connectivity index (χ4n) is 3.97. The summed E-state index contributed by atoms with van der Waals surface area (Å²) in [6.45, 7) is 6.67. The highest BCUT2D eigenvalue weighted by molar-refractivity contribution is 5.94. The first kappa shape index (κ1) is 20.6. The minimum absolute atomic E-state index is 0.214. The quantitative estimate of drug-likeness (QED) is 0.645. The van der Waals surface area contributed by atoms with E-state index >= 15 is 0 Å². The lowest BCUT2D eigenvalue weighted by Crippen LogP contribution is -2.36. The van der Waals surface area contributed by atoms with Gasteiger partial charge < -0.3 is 20.1 Å². The second-order valence-corrected chi connectivity index (χ2v) is 7.71. The van der Waals surface area contributed by atoms with Gasteiger partial charge >= 0.3 is 5.97 Å². The Hall–Kier alpha value is -3.63. The average Bonchev–Trinajstić information content (AvgIpc) is 2.78. The monoisotopic (exact) mass is 416 g/mol. The molecule has 4 rings (SSSR count). The van der Waals surface area contributed by atoms with E-state index in [9.17, 15) is 15.2 Å². The van der Waals surface area contributed by atoms with E-state index in [0.29, 0.717) is 24.5 Å². The number of nitrogens with one attached hydrogen (secondary N) is 1. The SMILES string of the molecule is Cc1cc(C(C)Nc2ccccc2C(=O)O)c2nc(N3CCOCC3)cc(C#N)c2c1. The highest BCUT2D eigenvalue weighted by Gasteiger charge is 2.20. The molecule has 7 nitrogen and oxygen atoms in total. The molecule has 1 saturated heterocycles. The molecule has 2 N–H and O–H groups in total. The molecule has 3 aromatic rings. The molecule has 2 heterocycles. The van der Waals surface area contributed by atoms with Crippen molar-refractivity contribution in [2.24, 2.45) is 0 Å². The number of carbonyl (C=O) groups is 1. The van der Waals surface area contributed by atoms with Gasteiger partial charge in [0.05, 0.1) is 42.0 Å². The molecule has 0 bridgehead atoms. The van der Waals surface area contributed by atoms with E-state index in [1.165, 1.54) is 0 Å². The van der Waals surface area contributed by atoms with Crippen molar-refractivity contribution in [3.63, 3.8) is 0 Å². The number of aryl methyl sites for hydroxylation is 1. The number of ether oxygens (including phenoxy) is 1. The molecule has 7 heteroatoms. The van der Waals surface area contributed by atoms with E-state index in [4.69, 9.17) is 9.72 Å². The fourth-order valence-corrected chi connectivity index (χ4v) is 3.97. The van der Waals surface area contributed by atoms with Gasteiger partial charge in [-0.15, -0.1) is 0 Å². The number of fused-ring (bicyclic) bond motifs is 1. The van der Waals surface area contributed by atoms with Crippen molar-refractivity contribution in [1.82, 2.24) is 4.98 Å². The summed E-state index contributed by atoms with van der Waals surface area (Å²) in [5, 5.41) is 23.4. The minimum atomic E-state index is -0.983. The third kappa shape index (κ3) is 4.16. The Balaban J connectivity index is 1.81. The highest BCUT2D eigenvalue weighted by Crippen LogP contribution is 2.32. The third-order valence-electron chi connectivity index (χ3n) is 5.53. The van der Waals surface area contributed by atoms with Gasteiger partial charge in [-0.05, 0) is 43.7 Å². The van der Waals surface area contributed by atoms with Crippen LogP contribution in [-0.2, 0) is 4.74 Å². The van der Waals surface area contributed by atoms with Gasteiger partial charge in [-0.3, -0.25) is 0 Å². The molecule has 2 aromatic carbocycles. The van der Waals surface area contributed by atoms with Crippen LogP contribution >= 0.6 is 0 Å². The van der Waals surface area contributed by atoms with Gasteiger partial charge in [0, 0.05) is 29.7 Å². The number of para-hydroxylation sites is 1. The number of aromatic nitrogens is 1. The molecule has 1 aliphatic rings. The summed E-state index contributed by atoms with van der Waals surface area (Å²) < 4.78 is 5.45. The lowest BCUT2D eigenvalue weighted by atomic mass is 9.97. The number of benzene rings is 2. The molecule has 1 aliphatic heterocycles. The van der Waals surface area contributed by atoms with E-state index in [2.05, 4.69) is 16.3 Å². The molecular weight excluding hydrogens is 392 g/mol. The van der Waals surface area contributed by atoms with Crippen molar-refractivity contribution in [3.8, 4) is 6.07 Å². The largest absolute Gasteiger partial charge is 0.478 e. The number of hydrogen-bond acceptors (Lipinski definition) is 6. The Morgan fingerprint density at radius 2 is 2.00 bits per heavy atom. The summed E-state index contributed by atoms with van der Waals surface area (Å²) in [5.41, 5.74) is 4.02. The summed E-state index contributed by atoms with van der Waals surface area (Å²) in [6.07, 6.45) is 0. The van der Waals surface area contributed by atoms with Gasteiger partial charge in [-0.25, -0.2) is 9.78 Å². The second-order valence-electron chi connectivity index (χ2n) is 7.71. The van der Waals surface area contributed by atoms with Crippen LogP contribution in [0.5, 0.6) is 0 Å². The number of aromatic carboxylic acids is 1. The summed E-state index contributed by atoms with van der Waals surface area (Å²) in [6, 6.07) is 14.8. The van der Waals surface area contributed by atoms with Crippen LogP contribution in [0, 0.1) is 18.3 Å². The first-order valence-electron chi connectivity index (χ1n) is 10.2. The molecule has 0 saturated carbocycles. The zero-order chi connectivity index (χ0) is 22.0. The van der Waals surface area contributed by atoms with Crippen molar-refractivity contribution >= 4 is 28.4 Å². The van der Waals surface area contributed by atoms with Crippen LogP contribution in [0.1, 0.15) is 40.0 Å². The first-order chi connectivity index (χ1) is 15.0. The maximum absolute atomic E-state index is 11.6. The predicted octanol–water partition coefficient (Wildman–Crippen LogP) is 4.12. The van der Waals surface area contributed by atoms with Gasteiger partial charge in [0.25, 0.3) is 0 Å². The summed E-state index contributed by atoms with van der Waals surface area (Å²) in [4.78, 5) is 18.7. The van der Waals surface area contributed by atoms with Gasteiger partial charge in [-0.2, -0.15) is 5.26 Å². The van der Waals surface area contributed by atoms with Gasteiger partial charge in [-0.1, -0.05) is 18.2 Å². The van der Waals surface area contributed by atoms with E-state index in [1.807, 2.05) is 32.0 Å². The Labute approximate surface area is 180 Å². The highest BCUT2D eigenvalue weighted by atomic mass is 16.5. The molecule has 0 aliphatic carbocycles. The molecule has 158 valence electrons. The number of carboxylic acids is 1. The lowest BCUT2D eigenvalue weighted by Gasteiger charge is -2.28. The van der Waals surface area contributed by atoms with Crippen molar-refractivity contribution < 1.29 is 14.6 Å². The molecule has 1 fully saturated rings. The van der Waals surface area contributed by atoms with E-state index in [1.54, 1.807) is 24.3 Å². The predicted molar refractivity (Wildman–Crippen MR) is 120 cm³/mol. The number of nitrogens with zero attached hydrogens (tertiary/aromatic N) is 3. The number of pyridine rings is 1. The van der Waals surface area contributed by atoms with Crippen LogP contribution in [-0.4, -0.2) is 42.4 Å². The zero-order valence-electron chi connectivity index (χ0n) is 17.6. The van der Waals surface area contributed by atoms with Crippen molar-refractivity contribution in [1.29, 1.82) is 5.26 Å². The molecule has 0 radical (unpaired) electrons. The number of nitriles is 1. The Morgan fingerprint density at radius 3 is 2.71 bits per heavy atom. The van der Waals surface area contributed by atoms with Gasteiger partial charge in [0.1, 0.15) is 5.82 Å². The minimum Gasteiger partial charge on any atom is -0.478 e. The maximum Gasteiger partial charge on any atom is 0.337 e. The fraction of sp³-hybridized carbons (Fsp3) is 0.292. The zero-order valence-corrected chi connectivity index (χ0v) is 17.6. The number of morpholine rings is 1. The van der Waals surface area contributed by atoms with Crippen LogP contribution in [0.2, 0.25) is 0 Å². The number of rotatable bonds is 5. The van der Waals surface area contributed by atoms with Crippen LogP contribution in [0.25, 0.3) is 10.9 Å².